The number of carbonyl (C=O) groups is 3. The number of carbonyl (C=O) groups excluding carboxylic acids is 3. The first-order chi connectivity index (χ1) is 12.4. The van der Waals surface area contributed by atoms with Gasteiger partial charge < -0.3 is 20.9 Å². The molecule has 2 rings (SSSR count). The molecule has 0 aliphatic carbocycles. The molecule has 1 fully saturated rings. The van der Waals surface area contributed by atoms with Crippen molar-refractivity contribution in [3.8, 4) is 0 Å². The lowest BCUT2D eigenvalue weighted by Gasteiger charge is -2.16. The van der Waals surface area contributed by atoms with Crippen LogP contribution in [0.25, 0.3) is 0 Å². The maximum atomic E-state index is 11.8. The molecule has 0 spiro atoms. The first-order valence-electron chi connectivity index (χ1n) is 9.10. The van der Waals surface area contributed by atoms with Gasteiger partial charge in [0, 0.05) is 45.1 Å². The topological polar surface area (TPSA) is 90.5 Å². The quantitative estimate of drug-likeness (QED) is 0.656. The molecule has 1 aliphatic heterocycles. The summed E-state index contributed by atoms with van der Waals surface area (Å²) >= 11 is 0. The Labute approximate surface area is 154 Å². The largest absolute Gasteiger partial charge is 0.354 e. The second-order valence-corrected chi connectivity index (χ2v) is 6.82. The van der Waals surface area contributed by atoms with E-state index in [1.165, 1.54) is 0 Å². The van der Waals surface area contributed by atoms with E-state index in [0.29, 0.717) is 26.1 Å². The number of hydrogen-bond donors (Lipinski definition) is 3. The van der Waals surface area contributed by atoms with Crippen LogP contribution in [0, 0.1) is 0 Å². The van der Waals surface area contributed by atoms with Crippen molar-refractivity contribution in [2.45, 2.75) is 52.2 Å². The molecule has 0 aromatic heterocycles. The molecule has 0 radical (unpaired) electrons. The van der Waals surface area contributed by atoms with E-state index in [2.05, 4.69) is 16.0 Å². The highest BCUT2D eigenvalue weighted by Gasteiger charge is 2.19. The third-order valence-corrected chi connectivity index (χ3v) is 4.08. The highest BCUT2D eigenvalue weighted by atomic mass is 16.2. The van der Waals surface area contributed by atoms with E-state index in [1.54, 1.807) is 0 Å². The standard InChI is InChI=1S/C19H28N4O3/c1-14(2)22-17(24)8-9-20-19(26)21-12-15-5-3-6-16(11-15)13-23-10-4-7-18(23)25/h3,5-6,11,14H,4,7-10,12-13H2,1-2H3,(H,22,24)(H2,20,21,26). The van der Waals surface area contributed by atoms with Crippen molar-refractivity contribution in [2.24, 2.45) is 0 Å². The lowest BCUT2D eigenvalue weighted by molar-refractivity contribution is -0.128. The van der Waals surface area contributed by atoms with Crippen molar-refractivity contribution in [1.29, 1.82) is 0 Å². The van der Waals surface area contributed by atoms with E-state index in [1.807, 2.05) is 43.0 Å². The van der Waals surface area contributed by atoms with E-state index in [0.717, 1.165) is 24.1 Å². The minimum atomic E-state index is -0.303. The maximum absolute atomic E-state index is 11.8. The number of nitrogens with zero attached hydrogens (tertiary/aromatic N) is 1. The van der Waals surface area contributed by atoms with Gasteiger partial charge in [-0.3, -0.25) is 9.59 Å². The maximum Gasteiger partial charge on any atom is 0.315 e. The first-order valence-corrected chi connectivity index (χ1v) is 9.10. The molecule has 1 aliphatic rings. The number of rotatable bonds is 8. The number of hydrogen-bond acceptors (Lipinski definition) is 3. The zero-order valence-electron chi connectivity index (χ0n) is 15.5. The summed E-state index contributed by atoms with van der Waals surface area (Å²) in [5.41, 5.74) is 2.03. The van der Waals surface area contributed by atoms with E-state index >= 15 is 0 Å². The molecule has 1 heterocycles. The summed E-state index contributed by atoms with van der Waals surface area (Å²) in [7, 11) is 0. The number of nitrogens with one attached hydrogen (secondary N) is 3. The van der Waals surface area contributed by atoms with Crippen molar-refractivity contribution in [2.75, 3.05) is 13.1 Å². The summed E-state index contributed by atoms with van der Waals surface area (Å²) < 4.78 is 0. The Kier molecular flexibility index (Phi) is 7.44. The van der Waals surface area contributed by atoms with Gasteiger partial charge in [-0.15, -0.1) is 0 Å². The average Bonchev–Trinajstić information content (AvgIpc) is 2.97. The highest BCUT2D eigenvalue weighted by Crippen LogP contribution is 2.15. The smallest absolute Gasteiger partial charge is 0.315 e. The summed E-state index contributed by atoms with van der Waals surface area (Å²) in [5.74, 6) is 0.124. The molecule has 7 nitrogen and oxygen atoms in total. The Hall–Kier alpha value is -2.57. The Bertz CT molecular complexity index is 645. The monoisotopic (exact) mass is 360 g/mol. The summed E-state index contributed by atoms with van der Waals surface area (Å²) in [4.78, 5) is 36.9. The van der Waals surface area contributed by atoms with Crippen LogP contribution < -0.4 is 16.0 Å². The van der Waals surface area contributed by atoms with Gasteiger partial charge in [0.05, 0.1) is 0 Å². The summed E-state index contributed by atoms with van der Waals surface area (Å²) in [6, 6.07) is 7.65. The zero-order valence-corrected chi connectivity index (χ0v) is 15.5. The normalized spacial score (nSPS) is 13.8. The Morgan fingerprint density at radius 3 is 2.65 bits per heavy atom. The SMILES string of the molecule is CC(C)NC(=O)CCNC(=O)NCc1cccc(CN2CCCC2=O)c1. The number of urea groups is 1. The van der Waals surface area contributed by atoms with Crippen LogP contribution in [0.3, 0.4) is 0 Å². The van der Waals surface area contributed by atoms with Gasteiger partial charge in [-0.1, -0.05) is 24.3 Å². The molecule has 4 amide bonds. The Morgan fingerprint density at radius 1 is 1.19 bits per heavy atom. The molecule has 0 bridgehead atoms. The van der Waals surface area contributed by atoms with Crippen LogP contribution in [0.15, 0.2) is 24.3 Å². The summed E-state index contributed by atoms with van der Waals surface area (Å²) in [5, 5.41) is 8.23. The molecule has 0 unspecified atom stereocenters. The van der Waals surface area contributed by atoms with E-state index in [9.17, 15) is 14.4 Å². The van der Waals surface area contributed by atoms with Crippen LogP contribution in [0.2, 0.25) is 0 Å². The number of likely N-dealkylation sites (tertiary alicyclic amines) is 1. The molecular formula is C19H28N4O3. The zero-order chi connectivity index (χ0) is 18.9. The minimum absolute atomic E-state index is 0.0792. The highest BCUT2D eigenvalue weighted by molar-refractivity contribution is 5.78. The van der Waals surface area contributed by atoms with Crippen LogP contribution in [-0.2, 0) is 22.7 Å². The molecule has 0 atom stereocenters. The number of amides is 4. The molecule has 1 saturated heterocycles. The molecule has 1 aromatic carbocycles. The average molecular weight is 360 g/mol. The molecule has 7 heteroatoms. The molecule has 26 heavy (non-hydrogen) atoms. The molecule has 3 N–H and O–H groups in total. The molecular weight excluding hydrogens is 332 g/mol. The van der Waals surface area contributed by atoms with Gasteiger partial charge in [0.2, 0.25) is 11.8 Å². The van der Waals surface area contributed by atoms with Gasteiger partial charge in [-0.2, -0.15) is 0 Å². The van der Waals surface area contributed by atoms with E-state index in [4.69, 9.17) is 0 Å². The summed E-state index contributed by atoms with van der Waals surface area (Å²) in [6.45, 7) is 5.91. The van der Waals surface area contributed by atoms with Gasteiger partial charge in [-0.05, 0) is 31.4 Å². The predicted molar refractivity (Wildman–Crippen MR) is 99.2 cm³/mol. The summed E-state index contributed by atoms with van der Waals surface area (Å²) in [6.07, 6.45) is 1.82. The van der Waals surface area contributed by atoms with Crippen LogP contribution >= 0.6 is 0 Å². The van der Waals surface area contributed by atoms with Crippen molar-refractivity contribution in [3.05, 3.63) is 35.4 Å². The lowest BCUT2D eigenvalue weighted by Crippen LogP contribution is -2.38. The third-order valence-electron chi connectivity index (χ3n) is 4.08. The minimum Gasteiger partial charge on any atom is -0.354 e. The fourth-order valence-corrected chi connectivity index (χ4v) is 2.86. The molecule has 0 saturated carbocycles. The van der Waals surface area contributed by atoms with Crippen molar-refractivity contribution in [3.63, 3.8) is 0 Å². The third kappa shape index (κ3) is 6.74. The van der Waals surface area contributed by atoms with Crippen LogP contribution in [0.4, 0.5) is 4.79 Å². The van der Waals surface area contributed by atoms with Crippen molar-refractivity contribution in [1.82, 2.24) is 20.9 Å². The van der Waals surface area contributed by atoms with Gasteiger partial charge in [-0.25, -0.2) is 4.79 Å². The van der Waals surface area contributed by atoms with Crippen LogP contribution in [-0.4, -0.2) is 41.9 Å². The first kappa shape index (κ1) is 19.8. The predicted octanol–water partition coefficient (Wildman–Crippen LogP) is 1.52. The second-order valence-electron chi connectivity index (χ2n) is 6.82. The van der Waals surface area contributed by atoms with E-state index < -0.39 is 0 Å². The van der Waals surface area contributed by atoms with Gasteiger partial charge in [0.25, 0.3) is 0 Å². The lowest BCUT2D eigenvalue weighted by atomic mass is 10.1. The van der Waals surface area contributed by atoms with Gasteiger partial charge in [0.15, 0.2) is 0 Å². The van der Waals surface area contributed by atoms with Gasteiger partial charge in [0.1, 0.15) is 0 Å². The van der Waals surface area contributed by atoms with E-state index in [-0.39, 0.29) is 30.3 Å². The van der Waals surface area contributed by atoms with Gasteiger partial charge >= 0.3 is 6.03 Å². The van der Waals surface area contributed by atoms with Crippen LogP contribution in [0.5, 0.6) is 0 Å². The second kappa shape index (κ2) is 9.79. The Balaban J connectivity index is 1.71. The molecule has 142 valence electrons. The van der Waals surface area contributed by atoms with Crippen molar-refractivity contribution >= 4 is 17.8 Å². The number of benzene rings is 1. The van der Waals surface area contributed by atoms with Crippen LogP contribution in [0.1, 0.15) is 44.2 Å². The molecule has 1 aromatic rings. The fourth-order valence-electron chi connectivity index (χ4n) is 2.86. The van der Waals surface area contributed by atoms with Crippen molar-refractivity contribution < 1.29 is 14.4 Å². The fraction of sp³-hybridized carbons (Fsp3) is 0.526. The Morgan fingerprint density at radius 2 is 1.96 bits per heavy atom.